The summed E-state index contributed by atoms with van der Waals surface area (Å²) < 4.78 is 5.95. The lowest BCUT2D eigenvalue weighted by Crippen LogP contribution is -2.40. The molecule has 0 aromatic carbocycles. The lowest BCUT2D eigenvalue weighted by molar-refractivity contribution is 0.172. The van der Waals surface area contributed by atoms with E-state index in [0.717, 1.165) is 72.7 Å². The zero-order valence-corrected chi connectivity index (χ0v) is 29.8. The van der Waals surface area contributed by atoms with Crippen LogP contribution in [-0.2, 0) is 4.74 Å². The van der Waals surface area contributed by atoms with E-state index in [1.54, 1.807) is 0 Å². The van der Waals surface area contributed by atoms with Crippen molar-refractivity contribution in [2.45, 2.75) is 93.2 Å². The summed E-state index contributed by atoms with van der Waals surface area (Å²) in [5.41, 5.74) is 10.1. The average molecular weight is 616 g/mol. The lowest BCUT2D eigenvalue weighted by atomic mass is 9.89. The molecule has 3 unspecified atom stereocenters. The highest BCUT2D eigenvalue weighted by atomic mass is 16.5. The molecule has 1 aliphatic carbocycles. The van der Waals surface area contributed by atoms with Crippen molar-refractivity contribution in [1.82, 2.24) is 15.5 Å². The number of amidine groups is 2. The molecule has 2 rings (SSSR count). The van der Waals surface area contributed by atoms with E-state index in [4.69, 9.17) is 9.73 Å². The smallest absolute Gasteiger partial charge is 0.116 e. The Kier molecular flexibility index (Phi) is 16.8. The van der Waals surface area contributed by atoms with Crippen LogP contribution in [0.5, 0.6) is 0 Å². The molecule has 2 aliphatic rings. The van der Waals surface area contributed by atoms with Crippen LogP contribution < -0.4 is 10.6 Å². The quantitative estimate of drug-likeness (QED) is 0.105. The van der Waals surface area contributed by atoms with Gasteiger partial charge in [-0.1, -0.05) is 72.4 Å². The highest BCUT2D eigenvalue weighted by Gasteiger charge is 2.22. The first-order chi connectivity index (χ1) is 21.6. The first-order valence-corrected chi connectivity index (χ1v) is 17.1. The van der Waals surface area contributed by atoms with Crippen molar-refractivity contribution in [2.24, 2.45) is 21.8 Å². The summed E-state index contributed by atoms with van der Waals surface area (Å²) in [6.45, 7) is 29.9. The van der Waals surface area contributed by atoms with Crippen molar-refractivity contribution in [3.8, 4) is 0 Å². The van der Waals surface area contributed by atoms with Gasteiger partial charge < -0.3 is 20.3 Å². The predicted molar refractivity (Wildman–Crippen MR) is 196 cm³/mol. The molecule has 248 valence electrons. The van der Waals surface area contributed by atoms with E-state index in [0.29, 0.717) is 25.7 Å². The second-order valence-electron chi connectivity index (χ2n) is 12.3. The van der Waals surface area contributed by atoms with E-state index < -0.39 is 0 Å². The van der Waals surface area contributed by atoms with E-state index in [2.05, 4.69) is 118 Å². The first kappa shape index (κ1) is 37.8. The Hall–Kier alpha value is -3.34. The van der Waals surface area contributed by atoms with E-state index in [1.807, 2.05) is 20.0 Å². The van der Waals surface area contributed by atoms with Gasteiger partial charge in [-0.15, -0.1) is 5.73 Å². The van der Waals surface area contributed by atoms with Crippen molar-refractivity contribution in [2.75, 3.05) is 39.9 Å². The molecule has 0 saturated carbocycles. The van der Waals surface area contributed by atoms with Gasteiger partial charge in [0.2, 0.25) is 0 Å². The first-order valence-electron chi connectivity index (χ1n) is 17.1. The van der Waals surface area contributed by atoms with Crippen LogP contribution in [0.15, 0.2) is 98.9 Å². The molecule has 45 heavy (non-hydrogen) atoms. The Morgan fingerprint density at radius 1 is 1.20 bits per heavy atom. The number of rotatable bonds is 16. The Balaban J connectivity index is 2.28. The number of hydrogen-bond acceptors (Lipinski definition) is 5. The van der Waals surface area contributed by atoms with Gasteiger partial charge in [0, 0.05) is 55.9 Å². The summed E-state index contributed by atoms with van der Waals surface area (Å²) in [6.07, 6.45) is 17.2. The van der Waals surface area contributed by atoms with E-state index in [-0.39, 0.29) is 18.0 Å². The van der Waals surface area contributed by atoms with Crippen LogP contribution >= 0.6 is 0 Å². The highest BCUT2D eigenvalue weighted by Crippen LogP contribution is 2.28. The molecule has 0 bridgehead atoms. The van der Waals surface area contributed by atoms with Crippen molar-refractivity contribution >= 4 is 11.7 Å². The number of hydrogen-bond donors (Lipinski definition) is 2. The molecule has 6 nitrogen and oxygen atoms in total. The van der Waals surface area contributed by atoms with Gasteiger partial charge >= 0.3 is 0 Å². The standard InChI is InChI=1S/C39H61N5O/c1-12-17-31(8)44(22-13-2)26-38(40-11)41-25-34-18-16-19-37(36(24-34)27-45-15-4)29(6)23-35-21-20-30(7)42-39(28(5)14-3)43-33(10)32(35)9/h16,19-21,23-24,28,30,32-33H,6,8,12-15,17,22,25-27H2,1-5,7,9-11H3,(H,40,41)(H,42,43)/b21-20-,35-23-/t28-,30?,32?,33?/m1/s1. The monoisotopic (exact) mass is 615 g/mol. The fourth-order valence-electron chi connectivity index (χ4n) is 5.33. The van der Waals surface area contributed by atoms with E-state index >= 15 is 0 Å². The van der Waals surface area contributed by atoms with Gasteiger partial charge in [0.1, 0.15) is 11.7 Å². The zero-order valence-electron chi connectivity index (χ0n) is 29.8. The molecule has 6 heteroatoms. The number of nitrogens with zero attached hydrogens (tertiary/aromatic N) is 3. The van der Waals surface area contributed by atoms with Gasteiger partial charge in [0.25, 0.3) is 0 Å². The van der Waals surface area contributed by atoms with Gasteiger partial charge in [-0.2, -0.15) is 0 Å². The summed E-state index contributed by atoms with van der Waals surface area (Å²) >= 11 is 0. The minimum atomic E-state index is 0.0960. The van der Waals surface area contributed by atoms with Gasteiger partial charge in [-0.05, 0) is 80.6 Å². The van der Waals surface area contributed by atoms with E-state index in [9.17, 15) is 0 Å². The highest BCUT2D eigenvalue weighted by molar-refractivity contribution is 5.85. The summed E-state index contributed by atoms with van der Waals surface area (Å²) in [7, 11) is 1.85. The maximum atomic E-state index is 5.95. The summed E-state index contributed by atoms with van der Waals surface area (Å²) in [5, 5.41) is 7.30. The van der Waals surface area contributed by atoms with Crippen LogP contribution in [0.4, 0.5) is 0 Å². The fourth-order valence-corrected chi connectivity index (χ4v) is 5.33. The van der Waals surface area contributed by atoms with Crippen molar-refractivity contribution in [1.29, 1.82) is 0 Å². The second kappa shape index (κ2) is 19.9. The Morgan fingerprint density at radius 3 is 2.60 bits per heavy atom. The van der Waals surface area contributed by atoms with E-state index in [1.165, 1.54) is 11.3 Å². The number of aliphatic imine (C=N–C) groups is 2. The Morgan fingerprint density at radius 2 is 1.96 bits per heavy atom. The molecule has 0 amide bonds. The molecule has 2 N–H and O–H groups in total. The SMILES string of the molecule is C=C(/C=C1/C=C\C(C)/N=C(/[C@H](C)CC)NC(C)C1C)C1=CC=C=C(CN/C(CN(CCC)C(=C)CCC)=N\C)C=C1COCC. The molecular weight excluding hydrogens is 554 g/mol. The van der Waals surface area contributed by atoms with Crippen LogP contribution in [0.2, 0.25) is 0 Å². The second-order valence-corrected chi connectivity index (χ2v) is 12.3. The zero-order chi connectivity index (χ0) is 33.4. The molecule has 4 atom stereocenters. The third-order valence-corrected chi connectivity index (χ3v) is 8.57. The van der Waals surface area contributed by atoms with Gasteiger partial charge in [-0.3, -0.25) is 9.98 Å². The van der Waals surface area contributed by atoms with Gasteiger partial charge in [0.15, 0.2) is 0 Å². The van der Waals surface area contributed by atoms with Crippen molar-refractivity contribution in [3.63, 3.8) is 0 Å². The molecule has 0 radical (unpaired) electrons. The Labute approximate surface area is 275 Å². The number of ether oxygens (including phenoxy) is 1. The van der Waals surface area contributed by atoms with Crippen LogP contribution in [0.25, 0.3) is 0 Å². The maximum absolute atomic E-state index is 5.95. The van der Waals surface area contributed by atoms with Crippen molar-refractivity contribution < 1.29 is 4.74 Å². The topological polar surface area (TPSA) is 61.2 Å². The molecule has 0 fully saturated rings. The number of nitrogens with one attached hydrogen (secondary N) is 2. The van der Waals surface area contributed by atoms with Crippen LogP contribution in [0, 0.1) is 11.8 Å². The van der Waals surface area contributed by atoms with Crippen LogP contribution in [-0.4, -0.2) is 68.6 Å². The van der Waals surface area contributed by atoms with Gasteiger partial charge in [0.05, 0.1) is 19.2 Å². The average Bonchev–Trinajstić information content (AvgIpc) is 3.21. The summed E-state index contributed by atoms with van der Waals surface area (Å²) in [4.78, 5) is 11.9. The Bertz CT molecular complexity index is 1250. The van der Waals surface area contributed by atoms with Crippen LogP contribution in [0.3, 0.4) is 0 Å². The summed E-state index contributed by atoms with van der Waals surface area (Å²) in [6, 6.07) is 0.327. The third kappa shape index (κ3) is 12.2. The molecular formula is C39H61N5O. The minimum absolute atomic E-state index is 0.0960. The third-order valence-electron chi connectivity index (χ3n) is 8.57. The number of allylic oxidation sites excluding steroid dienone is 5. The molecule has 0 spiro atoms. The summed E-state index contributed by atoms with van der Waals surface area (Å²) in [5.74, 6) is 2.71. The van der Waals surface area contributed by atoms with Gasteiger partial charge in [-0.25, -0.2) is 0 Å². The van der Waals surface area contributed by atoms with Crippen LogP contribution in [0.1, 0.15) is 81.1 Å². The normalized spacial score (nSPS) is 24.0. The lowest BCUT2D eigenvalue weighted by Gasteiger charge is -2.27. The largest absolute Gasteiger partial charge is 0.377 e. The maximum Gasteiger partial charge on any atom is 0.116 e. The fraction of sp³-hybridized carbons (Fsp3) is 0.564. The predicted octanol–water partition coefficient (Wildman–Crippen LogP) is 8.11. The van der Waals surface area contributed by atoms with Crippen molar-refractivity contribution in [3.05, 3.63) is 88.9 Å². The molecule has 1 aliphatic heterocycles. The molecule has 0 aromatic heterocycles. The molecule has 1 heterocycles. The molecule has 0 aromatic rings. The molecule has 0 saturated heterocycles. The minimum Gasteiger partial charge on any atom is -0.377 e.